The van der Waals surface area contributed by atoms with Gasteiger partial charge in [-0.1, -0.05) is 0 Å². The van der Waals surface area contributed by atoms with Gasteiger partial charge >= 0.3 is 0 Å². The predicted molar refractivity (Wildman–Crippen MR) is 56.8 cm³/mol. The van der Waals surface area contributed by atoms with Gasteiger partial charge in [0.25, 0.3) is 0 Å². The molecule has 14 heavy (non-hydrogen) atoms. The Balaban J connectivity index is 2.38. The predicted octanol–water partition coefficient (Wildman–Crippen LogP) is 3.38. The molecule has 1 N–H and O–H groups in total. The molecule has 4 heteroatoms. The highest BCUT2D eigenvalue weighted by molar-refractivity contribution is 7.10. The molecular formula is C10H9ClO2S. The zero-order valence-corrected chi connectivity index (χ0v) is 9.10. The first-order valence-corrected chi connectivity index (χ1v) is 5.41. The van der Waals surface area contributed by atoms with Gasteiger partial charge in [-0.05, 0) is 41.6 Å². The first kappa shape index (κ1) is 9.77. The van der Waals surface area contributed by atoms with Crippen LogP contribution in [0.2, 0.25) is 5.22 Å². The summed E-state index contributed by atoms with van der Waals surface area (Å²) in [5.41, 5.74) is 1.69. The third kappa shape index (κ3) is 1.59. The molecule has 1 atom stereocenters. The number of aryl methyl sites for hydroxylation is 1. The SMILES string of the molecule is Cc1ccsc1C(O)c1ccoc1Cl. The molecule has 0 spiro atoms. The molecule has 2 nitrogen and oxygen atoms in total. The van der Waals surface area contributed by atoms with Gasteiger partial charge in [0.2, 0.25) is 0 Å². The van der Waals surface area contributed by atoms with E-state index in [9.17, 15) is 5.11 Å². The van der Waals surface area contributed by atoms with Crippen molar-refractivity contribution in [3.8, 4) is 0 Å². The molecule has 2 rings (SSSR count). The van der Waals surface area contributed by atoms with E-state index < -0.39 is 6.10 Å². The molecular weight excluding hydrogens is 220 g/mol. The maximum absolute atomic E-state index is 10.00. The summed E-state index contributed by atoms with van der Waals surface area (Å²) < 4.78 is 4.93. The van der Waals surface area contributed by atoms with Crippen molar-refractivity contribution in [2.24, 2.45) is 0 Å². The minimum absolute atomic E-state index is 0.255. The average molecular weight is 229 g/mol. The van der Waals surface area contributed by atoms with Gasteiger partial charge in [0.05, 0.1) is 6.26 Å². The van der Waals surface area contributed by atoms with E-state index in [0.29, 0.717) is 5.56 Å². The lowest BCUT2D eigenvalue weighted by molar-refractivity contribution is 0.222. The Labute approximate surface area is 90.8 Å². The number of aliphatic hydroxyl groups is 1. The summed E-state index contributed by atoms with van der Waals surface area (Å²) in [5.74, 6) is 0. The van der Waals surface area contributed by atoms with Crippen LogP contribution < -0.4 is 0 Å². The van der Waals surface area contributed by atoms with Crippen LogP contribution >= 0.6 is 22.9 Å². The van der Waals surface area contributed by atoms with Crippen molar-refractivity contribution in [3.63, 3.8) is 0 Å². The van der Waals surface area contributed by atoms with Gasteiger partial charge in [-0.2, -0.15) is 0 Å². The molecule has 0 saturated carbocycles. The third-order valence-electron chi connectivity index (χ3n) is 2.09. The van der Waals surface area contributed by atoms with Gasteiger partial charge in [0.1, 0.15) is 6.10 Å². The second-order valence-corrected chi connectivity index (χ2v) is 4.31. The highest BCUT2D eigenvalue weighted by Gasteiger charge is 2.18. The molecule has 2 aromatic rings. The summed E-state index contributed by atoms with van der Waals surface area (Å²) in [5, 5.41) is 12.2. The first-order chi connectivity index (χ1) is 6.70. The van der Waals surface area contributed by atoms with Gasteiger partial charge in [0, 0.05) is 10.4 Å². The highest BCUT2D eigenvalue weighted by Crippen LogP contribution is 2.33. The van der Waals surface area contributed by atoms with Crippen LogP contribution in [0.15, 0.2) is 28.2 Å². The normalized spacial score (nSPS) is 13.1. The monoisotopic (exact) mass is 228 g/mol. The third-order valence-corrected chi connectivity index (χ3v) is 3.47. The number of aliphatic hydroxyl groups excluding tert-OH is 1. The highest BCUT2D eigenvalue weighted by atomic mass is 35.5. The molecule has 2 heterocycles. The maximum Gasteiger partial charge on any atom is 0.199 e. The summed E-state index contributed by atoms with van der Waals surface area (Å²) in [7, 11) is 0. The van der Waals surface area contributed by atoms with E-state index in [0.717, 1.165) is 10.4 Å². The lowest BCUT2D eigenvalue weighted by Gasteiger charge is -2.07. The minimum atomic E-state index is -0.679. The van der Waals surface area contributed by atoms with Crippen LogP contribution in [0.3, 0.4) is 0 Å². The average Bonchev–Trinajstić information content (AvgIpc) is 2.73. The van der Waals surface area contributed by atoms with Crippen molar-refractivity contribution in [1.29, 1.82) is 0 Å². The van der Waals surface area contributed by atoms with Crippen LogP contribution in [0.1, 0.15) is 22.1 Å². The van der Waals surface area contributed by atoms with Crippen LogP contribution in [0.4, 0.5) is 0 Å². The van der Waals surface area contributed by atoms with Crippen molar-refractivity contribution in [2.75, 3.05) is 0 Å². The fraction of sp³-hybridized carbons (Fsp3) is 0.200. The minimum Gasteiger partial charge on any atom is -0.453 e. The van der Waals surface area contributed by atoms with Crippen LogP contribution in [0.25, 0.3) is 0 Å². The number of rotatable bonds is 2. The molecule has 0 bridgehead atoms. The lowest BCUT2D eigenvalue weighted by Crippen LogP contribution is -1.97. The van der Waals surface area contributed by atoms with Crippen LogP contribution in [0, 0.1) is 6.92 Å². The van der Waals surface area contributed by atoms with E-state index in [1.807, 2.05) is 18.4 Å². The van der Waals surface area contributed by atoms with Gasteiger partial charge in [0.15, 0.2) is 5.22 Å². The van der Waals surface area contributed by atoms with Crippen molar-refractivity contribution in [1.82, 2.24) is 0 Å². The molecule has 0 radical (unpaired) electrons. The topological polar surface area (TPSA) is 33.4 Å². The Hall–Kier alpha value is -0.770. The maximum atomic E-state index is 10.00. The van der Waals surface area contributed by atoms with Gasteiger partial charge < -0.3 is 9.52 Å². The number of hydrogen-bond acceptors (Lipinski definition) is 3. The van der Waals surface area contributed by atoms with Crippen LogP contribution in [0.5, 0.6) is 0 Å². The van der Waals surface area contributed by atoms with Gasteiger partial charge in [-0.25, -0.2) is 0 Å². The Kier molecular flexibility index (Phi) is 2.63. The number of halogens is 1. The molecule has 0 amide bonds. The molecule has 0 saturated heterocycles. The summed E-state index contributed by atoms with van der Waals surface area (Å²) in [4.78, 5) is 0.910. The van der Waals surface area contributed by atoms with E-state index >= 15 is 0 Å². The second kappa shape index (κ2) is 3.77. The molecule has 0 fully saturated rings. The van der Waals surface area contributed by atoms with E-state index in [2.05, 4.69) is 0 Å². The van der Waals surface area contributed by atoms with Crippen LogP contribution in [-0.4, -0.2) is 5.11 Å². The number of hydrogen-bond donors (Lipinski definition) is 1. The quantitative estimate of drug-likeness (QED) is 0.855. The zero-order valence-electron chi connectivity index (χ0n) is 7.53. The largest absolute Gasteiger partial charge is 0.453 e. The van der Waals surface area contributed by atoms with Crippen molar-refractivity contribution < 1.29 is 9.52 Å². The second-order valence-electron chi connectivity index (χ2n) is 3.02. The summed E-state index contributed by atoms with van der Waals surface area (Å²) in [6.45, 7) is 1.96. The van der Waals surface area contributed by atoms with E-state index in [1.165, 1.54) is 17.6 Å². The molecule has 74 valence electrons. The standard InChI is InChI=1S/C10H9ClO2S/c1-6-3-5-14-9(6)8(12)7-2-4-13-10(7)11/h2-5,8,12H,1H3. The molecule has 0 aromatic carbocycles. The summed E-state index contributed by atoms with van der Waals surface area (Å²) in [6.07, 6.45) is 0.797. The first-order valence-electron chi connectivity index (χ1n) is 4.15. The Morgan fingerprint density at radius 2 is 2.29 bits per heavy atom. The lowest BCUT2D eigenvalue weighted by atomic mass is 10.1. The van der Waals surface area contributed by atoms with E-state index in [-0.39, 0.29) is 5.22 Å². The molecule has 1 unspecified atom stereocenters. The Morgan fingerprint density at radius 3 is 2.79 bits per heavy atom. The van der Waals surface area contributed by atoms with E-state index in [1.54, 1.807) is 6.07 Å². The fourth-order valence-corrected chi connectivity index (χ4v) is 2.45. The molecule has 0 aliphatic rings. The Morgan fingerprint density at radius 1 is 1.50 bits per heavy atom. The van der Waals surface area contributed by atoms with Crippen molar-refractivity contribution in [3.05, 3.63) is 45.0 Å². The van der Waals surface area contributed by atoms with Gasteiger partial charge in [-0.15, -0.1) is 11.3 Å². The molecule has 0 aliphatic heterocycles. The number of furan rings is 1. The van der Waals surface area contributed by atoms with Gasteiger partial charge in [-0.3, -0.25) is 0 Å². The van der Waals surface area contributed by atoms with Crippen molar-refractivity contribution >= 4 is 22.9 Å². The Bertz CT molecular complexity index is 393. The fourth-order valence-electron chi connectivity index (χ4n) is 1.31. The van der Waals surface area contributed by atoms with E-state index in [4.69, 9.17) is 16.0 Å². The molecule has 2 aromatic heterocycles. The zero-order chi connectivity index (χ0) is 10.1. The summed E-state index contributed by atoms with van der Waals surface area (Å²) >= 11 is 7.30. The van der Waals surface area contributed by atoms with Crippen molar-refractivity contribution in [2.45, 2.75) is 13.0 Å². The molecule has 0 aliphatic carbocycles. The smallest absolute Gasteiger partial charge is 0.199 e. The summed E-state index contributed by atoms with van der Waals surface area (Å²) in [6, 6.07) is 3.66. The number of thiophene rings is 1. The van der Waals surface area contributed by atoms with Crippen LogP contribution in [-0.2, 0) is 0 Å².